The Morgan fingerprint density at radius 2 is 1.94 bits per heavy atom. The van der Waals surface area contributed by atoms with Crippen LogP contribution in [0.1, 0.15) is 11.4 Å². The van der Waals surface area contributed by atoms with Crippen LogP contribution in [-0.2, 0) is 17.9 Å². The van der Waals surface area contributed by atoms with Gasteiger partial charge in [0.15, 0.2) is 5.96 Å². The molecule has 9 heteroatoms. The van der Waals surface area contributed by atoms with Gasteiger partial charge < -0.3 is 25.4 Å². The lowest BCUT2D eigenvalue weighted by Gasteiger charge is -2.28. The van der Waals surface area contributed by atoms with Crippen molar-refractivity contribution >= 4 is 41.5 Å². The number of benzene rings is 2. The lowest BCUT2D eigenvalue weighted by molar-refractivity contribution is -0.120. The number of aromatic nitrogens is 2. The Hall–Kier alpha value is -3.08. The summed E-state index contributed by atoms with van der Waals surface area (Å²) in [5.74, 6) is 1.74. The maximum atomic E-state index is 11.6. The second-order valence-corrected chi connectivity index (χ2v) is 7.80. The van der Waals surface area contributed by atoms with Gasteiger partial charge in [-0.1, -0.05) is 42.5 Å². The van der Waals surface area contributed by atoms with E-state index in [1.807, 2.05) is 36.3 Å². The molecular weight excluding hydrogens is 529 g/mol. The van der Waals surface area contributed by atoms with Crippen LogP contribution in [-0.4, -0.2) is 60.5 Å². The minimum Gasteiger partial charge on any atom is -0.360 e. The summed E-state index contributed by atoms with van der Waals surface area (Å²) in [7, 11) is 3.77. The number of carbonyl (C=O) groups excluding carboxylic acids is 1. The maximum absolute atomic E-state index is 11.6. The number of nitrogens with one attached hydrogen (secondary N) is 3. The summed E-state index contributed by atoms with van der Waals surface area (Å²) >= 11 is 0. The number of amides is 1. The van der Waals surface area contributed by atoms with Gasteiger partial charge in [0, 0.05) is 39.4 Å². The number of hydrogen-bond donors (Lipinski definition) is 3. The molecule has 0 aliphatic carbocycles. The summed E-state index contributed by atoms with van der Waals surface area (Å²) < 4.78 is 0. The SMILES string of the molecule is CN=C(NCc1ccc(N2CCNC(=O)C2)cc1)N(C)Cc1ncc(-c2ccccc2)[nH]1.I. The van der Waals surface area contributed by atoms with Crippen molar-refractivity contribution in [2.75, 3.05) is 38.6 Å². The van der Waals surface area contributed by atoms with Crippen LogP contribution in [0, 0.1) is 0 Å². The first-order chi connectivity index (χ1) is 15.6. The van der Waals surface area contributed by atoms with Gasteiger partial charge in [0.1, 0.15) is 5.82 Å². The number of guanidine groups is 1. The van der Waals surface area contributed by atoms with Crippen LogP contribution < -0.4 is 15.5 Å². The Kier molecular flexibility index (Phi) is 8.70. The molecule has 0 spiro atoms. The molecule has 4 rings (SSSR count). The molecule has 1 amide bonds. The van der Waals surface area contributed by atoms with E-state index < -0.39 is 0 Å². The second-order valence-electron chi connectivity index (χ2n) is 7.80. The fourth-order valence-corrected chi connectivity index (χ4v) is 3.76. The highest BCUT2D eigenvalue weighted by Crippen LogP contribution is 2.17. The van der Waals surface area contributed by atoms with Crippen molar-refractivity contribution in [2.24, 2.45) is 4.99 Å². The first kappa shape index (κ1) is 24.6. The van der Waals surface area contributed by atoms with E-state index in [4.69, 9.17) is 0 Å². The highest BCUT2D eigenvalue weighted by Gasteiger charge is 2.16. The largest absolute Gasteiger partial charge is 0.360 e. The van der Waals surface area contributed by atoms with E-state index in [-0.39, 0.29) is 29.9 Å². The van der Waals surface area contributed by atoms with E-state index in [1.165, 1.54) is 0 Å². The fraction of sp³-hybridized carbons (Fsp3) is 0.292. The van der Waals surface area contributed by atoms with Crippen LogP contribution in [0.25, 0.3) is 11.3 Å². The zero-order valence-corrected chi connectivity index (χ0v) is 21.2. The van der Waals surface area contributed by atoms with Gasteiger partial charge in [-0.3, -0.25) is 9.79 Å². The van der Waals surface area contributed by atoms with Gasteiger partial charge in [0.2, 0.25) is 5.91 Å². The number of carbonyl (C=O) groups is 1. The molecule has 1 aromatic heterocycles. The number of halogens is 1. The first-order valence-corrected chi connectivity index (χ1v) is 10.7. The molecule has 1 aliphatic rings. The van der Waals surface area contributed by atoms with Crippen molar-refractivity contribution in [3.63, 3.8) is 0 Å². The van der Waals surface area contributed by atoms with Crippen LogP contribution >= 0.6 is 24.0 Å². The Morgan fingerprint density at radius 1 is 1.18 bits per heavy atom. The van der Waals surface area contributed by atoms with Crippen molar-refractivity contribution in [3.8, 4) is 11.3 Å². The third-order valence-electron chi connectivity index (χ3n) is 5.46. The zero-order chi connectivity index (χ0) is 22.3. The molecule has 0 unspecified atom stereocenters. The van der Waals surface area contributed by atoms with Gasteiger partial charge >= 0.3 is 0 Å². The van der Waals surface area contributed by atoms with E-state index in [1.54, 1.807) is 7.05 Å². The van der Waals surface area contributed by atoms with E-state index >= 15 is 0 Å². The van der Waals surface area contributed by atoms with E-state index in [0.717, 1.165) is 40.8 Å². The minimum atomic E-state index is 0. The summed E-state index contributed by atoms with van der Waals surface area (Å²) in [5.41, 5.74) is 4.33. The van der Waals surface area contributed by atoms with E-state index in [0.29, 0.717) is 26.2 Å². The van der Waals surface area contributed by atoms with Gasteiger partial charge in [-0.2, -0.15) is 0 Å². The average molecular weight is 559 g/mol. The highest BCUT2D eigenvalue weighted by molar-refractivity contribution is 14.0. The van der Waals surface area contributed by atoms with Crippen LogP contribution in [0.3, 0.4) is 0 Å². The zero-order valence-electron chi connectivity index (χ0n) is 18.9. The van der Waals surface area contributed by atoms with Crippen molar-refractivity contribution < 1.29 is 4.79 Å². The topological polar surface area (TPSA) is 88.7 Å². The molecule has 33 heavy (non-hydrogen) atoms. The van der Waals surface area contributed by atoms with Crippen LogP contribution in [0.4, 0.5) is 5.69 Å². The van der Waals surface area contributed by atoms with Crippen molar-refractivity contribution in [1.82, 2.24) is 25.5 Å². The summed E-state index contributed by atoms with van der Waals surface area (Å²) in [6.07, 6.45) is 1.86. The monoisotopic (exact) mass is 559 g/mol. The molecule has 1 fully saturated rings. The Morgan fingerprint density at radius 3 is 2.64 bits per heavy atom. The van der Waals surface area contributed by atoms with E-state index in [2.05, 4.69) is 66.9 Å². The molecule has 1 aliphatic heterocycles. The number of aliphatic imine (C=N–C) groups is 1. The molecule has 2 heterocycles. The fourth-order valence-electron chi connectivity index (χ4n) is 3.76. The number of H-pyrrole nitrogens is 1. The second kappa shape index (κ2) is 11.7. The Labute approximate surface area is 211 Å². The lowest BCUT2D eigenvalue weighted by Crippen LogP contribution is -2.47. The van der Waals surface area contributed by atoms with Crippen molar-refractivity contribution in [3.05, 3.63) is 72.2 Å². The molecule has 1 saturated heterocycles. The number of nitrogens with zero attached hydrogens (tertiary/aromatic N) is 4. The molecule has 3 aromatic rings. The third kappa shape index (κ3) is 6.47. The molecule has 3 N–H and O–H groups in total. The smallest absolute Gasteiger partial charge is 0.239 e. The quantitative estimate of drug-likeness (QED) is 0.246. The number of imidazole rings is 1. The maximum Gasteiger partial charge on any atom is 0.239 e. The van der Waals surface area contributed by atoms with Gasteiger partial charge in [0.25, 0.3) is 0 Å². The molecule has 0 radical (unpaired) electrons. The third-order valence-corrected chi connectivity index (χ3v) is 5.46. The predicted molar refractivity (Wildman–Crippen MR) is 143 cm³/mol. The molecular formula is C24H30IN7O. The van der Waals surface area contributed by atoms with E-state index in [9.17, 15) is 4.79 Å². The number of anilines is 1. The van der Waals surface area contributed by atoms with Gasteiger partial charge in [-0.05, 0) is 23.3 Å². The van der Waals surface area contributed by atoms with Gasteiger partial charge in [0.05, 0.1) is 25.0 Å². The normalized spacial score (nSPS) is 13.8. The Balaban J connectivity index is 0.00000306. The molecule has 2 aromatic carbocycles. The molecule has 0 bridgehead atoms. The summed E-state index contributed by atoms with van der Waals surface area (Å²) in [4.78, 5) is 28.0. The summed E-state index contributed by atoms with van der Waals surface area (Å²) in [6.45, 7) is 3.20. The summed E-state index contributed by atoms with van der Waals surface area (Å²) in [6, 6.07) is 18.5. The number of piperazine rings is 1. The van der Waals surface area contributed by atoms with Crippen LogP contribution in [0.2, 0.25) is 0 Å². The molecule has 174 valence electrons. The minimum absolute atomic E-state index is 0. The highest BCUT2D eigenvalue weighted by atomic mass is 127. The van der Waals surface area contributed by atoms with Crippen LogP contribution in [0.5, 0.6) is 0 Å². The van der Waals surface area contributed by atoms with Crippen molar-refractivity contribution in [2.45, 2.75) is 13.1 Å². The Bertz CT molecular complexity index is 1070. The molecule has 8 nitrogen and oxygen atoms in total. The predicted octanol–water partition coefficient (Wildman–Crippen LogP) is 2.84. The van der Waals surface area contributed by atoms with Crippen molar-refractivity contribution in [1.29, 1.82) is 0 Å². The molecule has 0 saturated carbocycles. The number of hydrogen-bond acceptors (Lipinski definition) is 4. The summed E-state index contributed by atoms with van der Waals surface area (Å²) in [5, 5.41) is 6.26. The van der Waals surface area contributed by atoms with Gasteiger partial charge in [-0.25, -0.2) is 4.98 Å². The van der Waals surface area contributed by atoms with Crippen LogP contribution in [0.15, 0.2) is 65.8 Å². The molecule has 0 atom stereocenters. The first-order valence-electron chi connectivity index (χ1n) is 10.7. The average Bonchev–Trinajstić information content (AvgIpc) is 3.29. The number of aromatic amines is 1. The van der Waals surface area contributed by atoms with Gasteiger partial charge in [-0.15, -0.1) is 24.0 Å². The standard InChI is InChI=1S/C24H29N7O.HI/c1-25-24(30(2)16-22-27-15-21(29-22)19-6-4-3-5-7-19)28-14-18-8-10-20(11-9-18)31-13-12-26-23(32)17-31;/h3-11,15H,12-14,16-17H2,1-2H3,(H,25,28)(H,26,32)(H,27,29);1H. The lowest BCUT2D eigenvalue weighted by atomic mass is 10.2. The number of rotatable bonds is 6.